The van der Waals surface area contributed by atoms with E-state index in [0.29, 0.717) is 11.9 Å². The number of alkyl halides is 1. The van der Waals surface area contributed by atoms with Gasteiger partial charge in [-0.3, -0.25) is 4.79 Å². The molecular formula is C15H28BrNO. The number of hydrogen-bond donors (Lipinski definition) is 0. The van der Waals surface area contributed by atoms with E-state index in [0.717, 1.165) is 37.6 Å². The summed E-state index contributed by atoms with van der Waals surface area (Å²) in [6.45, 7) is 5.24. The Morgan fingerprint density at radius 2 is 1.78 bits per heavy atom. The van der Waals surface area contributed by atoms with Crippen LogP contribution in [0.4, 0.5) is 0 Å². The van der Waals surface area contributed by atoms with E-state index in [1.54, 1.807) is 0 Å². The Morgan fingerprint density at radius 1 is 1.22 bits per heavy atom. The summed E-state index contributed by atoms with van der Waals surface area (Å²) in [6.07, 6.45) is 9.35. The van der Waals surface area contributed by atoms with Gasteiger partial charge in [0, 0.05) is 23.8 Å². The van der Waals surface area contributed by atoms with Gasteiger partial charge in [0.1, 0.15) is 0 Å². The zero-order valence-electron chi connectivity index (χ0n) is 12.0. The molecule has 0 bridgehead atoms. The normalized spacial score (nSPS) is 16.4. The second kappa shape index (κ2) is 8.95. The maximum Gasteiger partial charge on any atom is 0.225 e. The minimum absolute atomic E-state index is 0.264. The van der Waals surface area contributed by atoms with Gasteiger partial charge in [-0.05, 0) is 25.7 Å². The summed E-state index contributed by atoms with van der Waals surface area (Å²) in [5, 5.41) is 0.903. The van der Waals surface area contributed by atoms with Crippen LogP contribution in [0.25, 0.3) is 0 Å². The van der Waals surface area contributed by atoms with Crippen LogP contribution in [-0.4, -0.2) is 28.7 Å². The number of carbonyl (C=O) groups is 1. The van der Waals surface area contributed by atoms with Crippen LogP contribution in [0.2, 0.25) is 0 Å². The fraction of sp³-hybridized carbons (Fsp3) is 0.933. The van der Waals surface area contributed by atoms with Crippen molar-refractivity contribution in [2.75, 3.05) is 11.9 Å². The van der Waals surface area contributed by atoms with Crippen molar-refractivity contribution in [3.8, 4) is 0 Å². The van der Waals surface area contributed by atoms with Gasteiger partial charge in [-0.2, -0.15) is 0 Å². The molecule has 0 aromatic heterocycles. The second-order valence-electron chi connectivity index (χ2n) is 5.43. The molecule has 0 atom stereocenters. The van der Waals surface area contributed by atoms with Crippen LogP contribution >= 0.6 is 15.9 Å². The summed E-state index contributed by atoms with van der Waals surface area (Å²) < 4.78 is 0. The van der Waals surface area contributed by atoms with Crippen LogP contribution in [0, 0.1) is 5.92 Å². The molecule has 0 aromatic rings. The van der Waals surface area contributed by atoms with Gasteiger partial charge in [-0.15, -0.1) is 0 Å². The summed E-state index contributed by atoms with van der Waals surface area (Å²) in [4.78, 5) is 14.9. The third-order valence-electron chi connectivity index (χ3n) is 4.00. The van der Waals surface area contributed by atoms with Crippen molar-refractivity contribution in [1.29, 1.82) is 0 Å². The molecule has 1 rings (SSSR count). The van der Waals surface area contributed by atoms with Gasteiger partial charge in [-0.25, -0.2) is 0 Å². The van der Waals surface area contributed by atoms with Gasteiger partial charge >= 0.3 is 0 Å². The van der Waals surface area contributed by atoms with E-state index in [4.69, 9.17) is 0 Å². The molecule has 0 radical (unpaired) electrons. The molecule has 0 aliphatic heterocycles. The Hall–Kier alpha value is -0.0500. The topological polar surface area (TPSA) is 20.3 Å². The van der Waals surface area contributed by atoms with E-state index in [1.807, 2.05) is 0 Å². The van der Waals surface area contributed by atoms with Crippen LogP contribution in [0.3, 0.4) is 0 Å². The Balaban J connectivity index is 2.65. The first-order chi connectivity index (χ1) is 8.74. The van der Waals surface area contributed by atoms with Crippen LogP contribution in [0.5, 0.6) is 0 Å². The Kier molecular flexibility index (Phi) is 7.96. The minimum Gasteiger partial charge on any atom is -0.339 e. The van der Waals surface area contributed by atoms with Crippen molar-refractivity contribution in [3.05, 3.63) is 0 Å². The summed E-state index contributed by atoms with van der Waals surface area (Å²) in [7, 11) is 0. The molecule has 1 aliphatic rings. The zero-order valence-corrected chi connectivity index (χ0v) is 13.5. The third kappa shape index (κ3) is 4.56. The van der Waals surface area contributed by atoms with Gasteiger partial charge < -0.3 is 4.90 Å². The van der Waals surface area contributed by atoms with Crippen molar-refractivity contribution in [1.82, 2.24) is 4.90 Å². The summed E-state index contributed by atoms with van der Waals surface area (Å²) in [6, 6.07) is 0.520. The smallest absolute Gasteiger partial charge is 0.225 e. The lowest BCUT2D eigenvalue weighted by atomic mass is 9.96. The lowest BCUT2D eigenvalue weighted by Gasteiger charge is -2.32. The lowest BCUT2D eigenvalue weighted by molar-refractivity contribution is -0.138. The van der Waals surface area contributed by atoms with Crippen LogP contribution in [0.15, 0.2) is 0 Å². The third-order valence-corrected chi connectivity index (χ3v) is 4.35. The van der Waals surface area contributed by atoms with E-state index < -0.39 is 0 Å². The summed E-state index contributed by atoms with van der Waals surface area (Å²) >= 11 is 3.50. The van der Waals surface area contributed by atoms with Crippen molar-refractivity contribution in [2.24, 2.45) is 5.92 Å². The predicted octanol–water partition coefficient (Wildman–Crippen LogP) is 4.37. The van der Waals surface area contributed by atoms with Crippen LogP contribution < -0.4 is 0 Å². The molecule has 0 aromatic carbocycles. The van der Waals surface area contributed by atoms with Gasteiger partial charge in [0.15, 0.2) is 0 Å². The van der Waals surface area contributed by atoms with Gasteiger partial charge in [-0.1, -0.05) is 55.5 Å². The first-order valence-corrected chi connectivity index (χ1v) is 8.73. The fourth-order valence-electron chi connectivity index (χ4n) is 3.10. The molecule has 18 heavy (non-hydrogen) atoms. The van der Waals surface area contributed by atoms with Gasteiger partial charge in [0.2, 0.25) is 5.91 Å². The van der Waals surface area contributed by atoms with Crippen molar-refractivity contribution < 1.29 is 4.79 Å². The molecule has 2 nitrogen and oxygen atoms in total. The highest BCUT2D eigenvalue weighted by Gasteiger charge is 2.29. The quantitative estimate of drug-likeness (QED) is 0.609. The van der Waals surface area contributed by atoms with Crippen molar-refractivity contribution >= 4 is 21.8 Å². The van der Waals surface area contributed by atoms with Crippen LogP contribution in [0.1, 0.15) is 65.2 Å². The molecule has 0 heterocycles. The number of hydrogen-bond acceptors (Lipinski definition) is 1. The Morgan fingerprint density at radius 3 is 2.22 bits per heavy atom. The standard InChI is InChI=1S/C15H28BrNO/c1-3-7-13(8-4-2)15(18)17(12-11-16)14-9-5-6-10-14/h13-14H,3-12H2,1-2H3. The highest BCUT2D eigenvalue weighted by molar-refractivity contribution is 9.09. The summed E-state index contributed by atoms with van der Waals surface area (Å²) in [5.41, 5.74) is 0. The van der Waals surface area contributed by atoms with E-state index in [2.05, 4.69) is 34.7 Å². The molecule has 0 saturated heterocycles. The maximum atomic E-state index is 12.7. The molecule has 1 fully saturated rings. The average molecular weight is 318 g/mol. The number of rotatable bonds is 8. The molecule has 1 amide bonds. The first-order valence-electron chi connectivity index (χ1n) is 7.61. The number of halogens is 1. The minimum atomic E-state index is 0.264. The summed E-state index contributed by atoms with van der Waals surface area (Å²) in [5.74, 6) is 0.685. The highest BCUT2D eigenvalue weighted by Crippen LogP contribution is 2.27. The van der Waals surface area contributed by atoms with Gasteiger partial charge in [0.25, 0.3) is 0 Å². The first kappa shape index (κ1) is 16.0. The highest BCUT2D eigenvalue weighted by atomic mass is 79.9. The zero-order chi connectivity index (χ0) is 13.4. The van der Waals surface area contributed by atoms with E-state index >= 15 is 0 Å². The van der Waals surface area contributed by atoms with E-state index in [-0.39, 0.29) is 5.92 Å². The van der Waals surface area contributed by atoms with Crippen LogP contribution in [-0.2, 0) is 4.79 Å². The molecule has 0 unspecified atom stereocenters. The SMILES string of the molecule is CCCC(CCC)C(=O)N(CCBr)C1CCCC1. The molecule has 0 spiro atoms. The van der Waals surface area contributed by atoms with Gasteiger partial charge in [0.05, 0.1) is 0 Å². The fourth-order valence-corrected chi connectivity index (χ4v) is 3.48. The Labute approximate surface area is 121 Å². The maximum absolute atomic E-state index is 12.7. The van der Waals surface area contributed by atoms with Crippen molar-refractivity contribution in [2.45, 2.75) is 71.3 Å². The number of carbonyl (C=O) groups excluding carboxylic acids is 1. The molecule has 1 aliphatic carbocycles. The second-order valence-corrected chi connectivity index (χ2v) is 6.23. The predicted molar refractivity (Wildman–Crippen MR) is 81.1 cm³/mol. The molecule has 106 valence electrons. The molecule has 3 heteroatoms. The number of amides is 1. The number of nitrogens with zero attached hydrogens (tertiary/aromatic N) is 1. The van der Waals surface area contributed by atoms with Crippen molar-refractivity contribution in [3.63, 3.8) is 0 Å². The lowest BCUT2D eigenvalue weighted by Crippen LogP contribution is -2.43. The molecule has 1 saturated carbocycles. The Bertz CT molecular complexity index is 233. The average Bonchev–Trinajstić information content (AvgIpc) is 2.88. The largest absolute Gasteiger partial charge is 0.339 e. The molecule has 0 N–H and O–H groups in total. The monoisotopic (exact) mass is 317 g/mol. The van der Waals surface area contributed by atoms with E-state index in [1.165, 1.54) is 25.7 Å². The van der Waals surface area contributed by atoms with E-state index in [9.17, 15) is 4.79 Å². The molecular weight excluding hydrogens is 290 g/mol.